The molecule has 3 nitrogen and oxygen atoms in total. The minimum absolute atomic E-state index is 0. The van der Waals surface area contributed by atoms with E-state index in [1.54, 1.807) is 0 Å². The molecular weight excluding hydrogens is 141 g/mol. The molecule has 0 aliphatic rings. The molecule has 0 aromatic rings. The lowest BCUT2D eigenvalue weighted by atomic mass is 11.1. The van der Waals surface area contributed by atoms with E-state index in [9.17, 15) is 4.79 Å². The van der Waals surface area contributed by atoms with Crippen LogP contribution in [0.15, 0.2) is 0 Å². The van der Waals surface area contributed by atoms with Gasteiger partial charge in [0.05, 0.1) is 0 Å². The maximum absolute atomic E-state index is 9.26. The first-order valence-electron chi connectivity index (χ1n) is 1.18. The van der Waals surface area contributed by atoms with Crippen LogP contribution in [0.4, 0.5) is 4.79 Å². The predicted octanol–water partition coefficient (Wildman–Crippen LogP) is 0.727. The number of hydrogen-bond donors (Lipinski definition) is 2. The molecule has 0 radical (unpaired) electrons. The third-order valence-corrected chi connectivity index (χ3v) is 0.214. The molecule has 0 atom stereocenters. The fraction of sp³-hybridized carbons (Fsp3) is 0.500. The summed E-state index contributed by atoms with van der Waals surface area (Å²) in [7, 11) is 1.35. The lowest BCUT2D eigenvalue weighted by Crippen LogP contribution is -2.13. The molecule has 0 rings (SSSR count). The first kappa shape index (κ1) is 15.8. The summed E-state index contributed by atoms with van der Waals surface area (Å²) in [5, 5.41) is 9.56. The molecular formula is C2H7Cl2NO2. The van der Waals surface area contributed by atoms with E-state index in [0.29, 0.717) is 0 Å². The topological polar surface area (TPSA) is 49.3 Å². The zero-order valence-electron chi connectivity index (χ0n) is 3.67. The number of nitrogens with one attached hydrogen (secondary N) is 1. The number of hydrogen-bond acceptors (Lipinski definition) is 1. The second kappa shape index (κ2) is 9.28. The van der Waals surface area contributed by atoms with Gasteiger partial charge in [-0.15, -0.1) is 24.8 Å². The van der Waals surface area contributed by atoms with Gasteiger partial charge in [-0.2, -0.15) is 0 Å². The van der Waals surface area contributed by atoms with Gasteiger partial charge in [-0.25, -0.2) is 4.79 Å². The van der Waals surface area contributed by atoms with Crippen LogP contribution in [0.1, 0.15) is 0 Å². The third-order valence-electron chi connectivity index (χ3n) is 0.214. The maximum atomic E-state index is 9.26. The Kier molecular flexibility index (Phi) is 21.0. The quantitative estimate of drug-likeness (QED) is 0.531. The summed E-state index contributed by atoms with van der Waals surface area (Å²) in [6.07, 6.45) is -0.995. The fourth-order valence-electron chi connectivity index (χ4n) is 0. The highest BCUT2D eigenvalue weighted by molar-refractivity contribution is 5.85. The summed E-state index contributed by atoms with van der Waals surface area (Å²) in [4.78, 5) is 9.26. The highest BCUT2D eigenvalue weighted by Gasteiger charge is 1.76. The van der Waals surface area contributed by atoms with Crippen LogP contribution in [-0.2, 0) is 0 Å². The van der Waals surface area contributed by atoms with Crippen molar-refractivity contribution in [1.29, 1.82) is 0 Å². The van der Waals surface area contributed by atoms with Crippen LogP contribution in [0.5, 0.6) is 0 Å². The Hall–Kier alpha value is -0.150. The van der Waals surface area contributed by atoms with E-state index in [0.717, 1.165) is 0 Å². The molecule has 0 aromatic carbocycles. The van der Waals surface area contributed by atoms with Crippen LogP contribution < -0.4 is 5.32 Å². The van der Waals surface area contributed by atoms with Crippen molar-refractivity contribution >= 4 is 30.9 Å². The molecule has 46 valence electrons. The Morgan fingerprint density at radius 1 is 1.57 bits per heavy atom. The molecule has 1 amide bonds. The molecule has 0 heterocycles. The summed E-state index contributed by atoms with van der Waals surface area (Å²) in [5.74, 6) is 0. The molecule has 5 heteroatoms. The molecule has 0 fully saturated rings. The van der Waals surface area contributed by atoms with Crippen LogP contribution in [0, 0.1) is 0 Å². The SMILES string of the molecule is CNC(=O)O.Cl.Cl. The van der Waals surface area contributed by atoms with Crippen LogP contribution >= 0.6 is 24.8 Å². The van der Waals surface area contributed by atoms with Gasteiger partial charge in [0.25, 0.3) is 0 Å². The van der Waals surface area contributed by atoms with E-state index < -0.39 is 6.09 Å². The molecule has 0 aliphatic heterocycles. The normalized spacial score (nSPS) is 4.71. The second-order valence-corrected chi connectivity index (χ2v) is 0.555. The first-order valence-corrected chi connectivity index (χ1v) is 1.18. The van der Waals surface area contributed by atoms with Crippen molar-refractivity contribution in [3.8, 4) is 0 Å². The Balaban J connectivity index is -0.0000000800. The van der Waals surface area contributed by atoms with Gasteiger partial charge in [-0.05, 0) is 0 Å². The van der Waals surface area contributed by atoms with Crippen LogP contribution in [0.2, 0.25) is 0 Å². The lowest BCUT2D eigenvalue weighted by molar-refractivity contribution is 0.197. The number of carboxylic acid groups (broad SMARTS) is 1. The monoisotopic (exact) mass is 147 g/mol. The van der Waals surface area contributed by atoms with Gasteiger partial charge in [0.2, 0.25) is 0 Å². The van der Waals surface area contributed by atoms with Crippen LogP contribution in [-0.4, -0.2) is 18.2 Å². The van der Waals surface area contributed by atoms with Crippen molar-refractivity contribution in [1.82, 2.24) is 5.32 Å². The van der Waals surface area contributed by atoms with Crippen LogP contribution in [0.3, 0.4) is 0 Å². The number of amides is 1. The van der Waals surface area contributed by atoms with Gasteiger partial charge in [0, 0.05) is 7.05 Å². The Morgan fingerprint density at radius 2 is 1.71 bits per heavy atom. The average molecular weight is 148 g/mol. The van der Waals surface area contributed by atoms with E-state index in [-0.39, 0.29) is 24.8 Å². The average Bonchev–Trinajstić information content (AvgIpc) is 1.38. The number of halogens is 2. The molecule has 0 unspecified atom stereocenters. The van der Waals surface area contributed by atoms with Gasteiger partial charge in [0.15, 0.2) is 0 Å². The Bertz CT molecular complexity index is 49.0. The maximum Gasteiger partial charge on any atom is 0.404 e. The van der Waals surface area contributed by atoms with Gasteiger partial charge in [-0.1, -0.05) is 0 Å². The first-order chi connectivity index (χ1) is 2.27. The molecule has 0 bridgehead atoms. The smallest absolute Gasteiger partial charge is 0.404 e. The molecule has 2 N–H and O–H groups in total. The number of rotatable bonds is 0. The molecule has 7 heavy (non-hydrogen) atoms. The number of carbonyl (C=O) groups is 1. The van der Waals surface area contributed by atoms with Gasteiger partial charge < -0.3 is 10.4 Å². The zero-order valence-corrected chi connectivity index (χ0v) is 5.30. The van der Waals surface area contributed by atoms with Crippen molar-refractivity contribution < 1.29 is 9.90 Å². The summed E-state index contributed by atoms with van der Waals surface area (Å²) >= 11 is 0. The van der Waals surface area contributed by atoms with Crippen molar-refractivity contribution in [3.05, 3.63) is 0 Å². The second-order valence-electron chi connectivity index (χ2n) is 0.555. The van der Waals surface area contributed by atoms with E-state index in [2.05, 4.69) is 0 Å². The molecule has 0 aliphatic carbocycles. The van der Waals surface area contributed by atoms with Gasteiger partial charge in [-0.3, -0.25) is 0 Å². The summed E-state index contributed by atoms with van der Waals surface area (Å²) in [6, 6.07) is 0. The third kappa shape index (κ3) is 25.3. The molecule has 0 saturated carbocycles. The van der Waals surface area contributed by atoms with Gasteiger partial charge >= 0.3 is 6.09 Å². The van der Waals surface area contributed by atoms with Crippen LogP contribution in [0.25, 0.3) is 0 Å². The minimum atomic E-state index is -0.995. The fourth-order valence-corrected chi connectivity index (χ4v) is 0. The highest BCUT2D eigenvalue weighted by atomic mass is 35.5. The van der Waals surface area contributed by atoms with Crippen molar-refractivity contribution in [2.24, 2.45) is 0 Å². The van der Waals surface area contributed by atoms with Crippen molar-refractivity contribution in [2.75, 3.05) is 7.05 Å². The van der Waals surface area contributed by atoms with Crippen molar-refractivity contribution in [2.45, 2.75) is 0 Å². The lowest BCUT2D eigenvalue weighted by Gasteiger charge is -1.78. The summed E-state index contributed by atoms with van der Waals surface area (Å²) in [6.45, 7) is 0. The Labute approximate surface area is 53.9 Å². The van der Waals surface area contributed by atoms with Gasteiger partial charge in [0.1, 0.15) is 0 Å². The molecule has 0 saturated heterocycles. The summed E-state index contributed by atoms with van der Waals surface area (Å²) in [5.41, 5.74) is 0. The standard InChI is InChI=1S/C2H5NO2.2ClH/c1-3-2(4)5;;/h3H,1H3,(H,4,5);2*1H. The van der Waals surface area contributed by atoms with E-state index in [1.807, 2.05) is 5.32 Å². The van der Waals surface area contributed by atoms with Crippen molar-refractivity contribution in [3.63, 3.8) is 0 Å². The van der Waals surface area contributed by atoms with E-state index >= 15 is 0 Å². The zero-order chi connectivity index (χ0) is 4.28. The predicted molar refractivity (Wildman–Crippen MR) is 31.6 cm³/mol. The largest absolute Gasteiger partial charge is 0.465 e. The summed E-state index contributed by atoms with van der Waals surface area (Å²) < 4.78 is 0. The molecule has 0 aromatic heterocycles. The van der Waals surface area contributed by atoms with E-state index in [4.69, 9.17) is 5.11 Å². The Morgan fingerprint density at radius 3 is 1.71 bits per heavy atom. The molecule has 0 spiro atoms. The highest BCUT2D eigenvalue weighted by Crippen LogP contribution is 1.45. The van der Waals surface area contributed by atoms with E-state index in [1.165, 1.54) is 7.05 Å². The minimum Gasteiger partial charge on any atom is -0.465 e.